The fraction of sp³-hybridized carbons (Fsp3) is 0.462. The van der Waals surface area contributed by atoms with Gasteiger partial charge in [0.15, 0.2) is 0 Å². The molecule has 1 rings (SSSR count). The highest BCUT2D eigenvalue weighted by Crippen LogP contribution is 2.29. The minimum atomic E-state index is -3.27. The van der Waals surface area contributed by atoms with E-state index in [1.807, 2.05) is 6.07 Å². The van der Waals surface area contributed by atoms with Gasteiger partial charge >= 0.3 is 0 Å². The zero-order valence-corrected chi connectivity index (χ0v) is 11.7. The summed E-state index contributed by atoms with van der Waals surface area (Å²) < 4.78 is 24.8. The molecule has 0 aliphatic rings. The summed E-state index contributed by atoms with van der Waals surface area (Å²) in [5.74, 6) is 0.453. The van der Waals surface area contributed by atoms with Crippen molar-refractivity contribution in [3.8, 4) is 6.07 Å². The molecule has 1 N–H and O–H groups in total. The number of nitrogens with zero attached hydrogens (tertiary/aromatic N) is 1. The van der Waals surface area contributed by atoms with Gasteiger partial charge < -0.3 is 0 Å². The molecule has 1 aromatic rings. The first-order valence-electron chi connectivity index (χ1n) is 5.78. The summed E-state index contributed by atoms with van der Waals surface area (Å²) in [6.45, 7) is 4.11. The number of benzene rings is 1. The van der Waals surface area contributed by atoms with Crippen molar-refractivity contribution in [1.82, 2.24) is 0 Å². The lowest BCUT2D eigenvalue weighted by Crippen LogP contribution is -2.11. The highest BCUT2D eigenvalue weighted by Gasteiger charge is 2.16. The molecule has 0 aliphatic carbocycles. The van der Waals surface area contributed by atoms with E-state index >= 15 is 0 Å². The van der Waals surface area contributed by atoms with Gasteiger partial charge in [-0.1, -0.05) is 26.0 Å². The molecule has 98 valence electrons. The first-order chi connectivity index (χ1) is 8.33. The molecular formula is C13H18N2O2S. The summed E-state index contributed by atoms with van der Waals surface area (Å²) in [6.07, 6.45) is 1.55. The van der Waals surface area contributed by atoms with Crippen LogP contribution in [0.25, 0.3) is 0 Å². The topological polar surface area (TPSA) is 70.0 Å². The number of sulfonamides is 1. The Morgan fingerprint density at radius 1 is 1.39 bits per heavy atom. The molecule has 0 fully saturated rings. The van der Waals surface area contributed by atoms with Gasteiger partial charge in [0.2, 0.25) is 10.0 Å². The Bertz CT molecular complexity index is 544. The van der Waals surface area contributed by atoms with Crippen LogP contribution in [0.3, 0.4) is 0 Å². The number of nitrogens with one attached hydrogen (secondary N) is 1. The van der Waals surface area contributed by atoms with Crippen LogP contribution in [-0.2, 0) is 10.0 Å². The average Bonchev–Trinajstić information content (AvgIpc) is 2.23. The lowest BCUT2D eigenvalue weighted by molar-refractivity contribution is 0.506. The van der Waals surface area contributed by atoms with Crippen molar-refractivity contribution in [3.63, 3.8) is 0 Å². The van der Waals surface area contributed by atoms with Gasteiger partial charge in [-0.3, -0.25) is 4.72 Å². The summed E-state index contributed by atoms with van der Waals surface area (Å²) in [4.78, 5) is 0. The van der Waals surface area contributed by atoms with E-state index in [9.17, 15) is 8.42 Å². The number of hydrogen-bond acceptors (Lipinski definition) is 3. The van der Waals surface area contributed by atoms with Gasteiger partial charge in [-0.2, -0.15) is 5.26 Å². The standard InChI is InChI=1S/C13H18N2O2S/c1-10(2)13(7-8-14)11-5-4-6-12(9-11)15-18(3,16)17/h4-6,9-10,13,15H,7H2,1-3H3. The second kappa shape index (κ2) is 5.87. The lowest BCUT2D eigenvalue weighted by Gasteiger charge is -2.19. The van der Waals surface area contributed by atoms with Gasteiger partial charge in [-0.05, 0) is 29.5 Å². The third-order valence-electron chi connectivity index (χ3n) is 2.73. The minimum absolute atomic E-state index is 0.122. The van der Waals surface area contributed by atoms with Gasteiger partial charge in [-0.25, -0.2) is 8.42 Å². The van der Waals surface area contributed by atoms with Crippen molar-refractivity contribution in [1.29, 1.82) is 5.26 Å². The molecular weight excluding hydrogens is 248 g/mol. The van der Waals surface area contributed by atoms with E-state index in [1.54, 1.807) is 18.2 Å². The molecule has 4 nitrogen and oxygen atoms in total. The van der Waals surface area contributed by atoms with Gasteiger partial charge in [0.25, 0.3) is 0 Å². The maximum absolute atomic E-state index is 11.2. The molecule has 0 aromatic heterocycles. The fourth-order valence-corrected chi connectivity index (χ4v) is 2.44. The molecule has 0 spiro atoms. The third kappa shape index (κ3) is 4.38. The van der Waals surface area contributed by atoms with Crippen molar-refractivity contribution >= 4 is 15.7 Å². The van der Waals surface area contributed by atoms with Crippen molar-refractivity contribution in [2.45, 2.75) is 26.2 Å². The van der Waals surface area contributed by atoms with Gasteiger partial charge in [0.1, 0.15) is 0 Å². The highest BCUT2D eigenvalue weighted by molar-refractivity contribution is 7.92. The predicted molar refractivity (Wildman–Crippen MR) is 72.7 cm³/mol. The van der Waals surface area contributed by atoms with Crippen molar-refractivity contribution < 1.29 is 8.42 Å². The van der Waals surface area contributed by atoms with E-state index in [-0.39, 0.29) is 5.92 Å². The van der Waals surface area contributed by atoms with E-state index in [2.05, 4.69) is 24.6 Å². The monoisotopic (exact) mass is 266 g/mol. The Morgan fingerprint density at radius 2 is 2.06 bits per heavy atom. The zero-order valence-electron chi connectivity index (χ0n) is 10.8. The number of anilines is 1. The minimum Gasteiger partial charge on any atom is -0.284 e. The Labute approximate surface area is 109 Å². The summed E-state index contributed by atoms with van der Waals surface area (Å²) in [7, 11) is -3.27. The smallest absolute Gasteiger partial charge is 0.229 e. The van der Waals surface area contributed by atoms with Gasteiger partial charge in [0.05, 0.1) is 12.3 Å². The second-order valence-corrected chi connectivity index (χ2v) is 6.46. The highest BCUT2D eigenvalue weighted by atomic mass is 32.2. The summed E-state index contributed by atoms with van der Waals surface area (Å²) in [5, 5.41) is 8.84. The number of nitriles is 1. The number of rotatable bonds is 5. The molecule has 1 atom stereocenters. The summed E-state index contributed by atoms with van der Waals surface area (Å²) >= 11 is 0. The normalized spacial score (nSPS) is 13.1. The molecule has 0 amide bonds. The predicted octanol–water partition coefficient (Wildman–Crippen LogP) is 2.71. The fourth-order valence-electron chi connectivity index (χ4n) is 1.88. The van der Waals surface area contributed by atoms with E-state index < -0.39 is 10.0 Å². The first-order valence-corrected chi connectivity index (χ1v) is 7.67. The Hall–Kier alpha value is -1.54. The zero-order chi connectivity index (χ0) is 13.8. The maximum atomic E-state index is 11.2. The van der Waals surface area contributed by atoms with Crippen LogP contribution in [-0.4, -0.2) is 14.7 Å². The van der Waals surface area contributed by atoms with Gasteiger partial charge in [0, 0.05) is 12.1 Å². The van der Waals surface area contributed by atoms with Crippen molar-refractivity contribution in [2.24, 2.45) is 5.92 Å². The van der Waals surface area contributed by atoms with Crippen LogP contribution in [0.4, 0.5) is 5.69 Å². The quantitative estimate of drug-likeness (QED) is 0.890. The molecule has 0 radical (unpaired) electrons. The largest absolute Gasteiger partial charge is 0.284 e. The number of hydrogen-bond donors (Lipinski definition) is 1. The molecule has 5 heteroatoms. The average molecular weight is 266 g/mol. The van der Waals surface area contributed by atoms with Crippen LogP contribution in [0.2, 0.25) is 0 Å². The molecule has 0 heterocycles. The van der Waals surface area contributed by atoms with Crippen LogP contribution in [0.1, 0.15) is 31.7 Å². The molecule has 0 saturated carbocycles. The summed E-state index contributed by atoms with van der Waals surface area (Å²) in [6, 6.07) is 9.40. The third-order valence-corrected chi connectivity index (χ3v) is 3.34. The molecule has 18 heavy (non-hydrogen) atoms. The van der Waals surface area contributed by atoms with Crippen molar-refractivity contribution in [3.05, 3.63) is 29.8 Å². The van der Waals surface area contributed by atoms with Crippen LogP contribution < -0.4 is 4.72 Å². The lowest BCUT2D eigenvalue weighted by atomic mass is 9.86. The van der Waals surface area contributed by atoms with E-state index in [4.69, 9.17) is 5.26 Å². The Kier molecular flexibility index (Phi) is 4.74. The molecule has 0 saturated heterocycles. The van der Waals surface area contributed by atoms with Crippen LogP contribution >= 0.6 is 0 Å². The van der Waals surface area contributed by atoms with Crippen LogP contribution in [0, 0.1) is 17.2 Å². The SMILES string of the molecule is CC(C)C(CC#N)c1cccc(NS(C)(=O)=O)c1. The van der Waals surface area contributed by atoms with Gasteiger partial charge in [-0.15, -0.1) is 0 Å². The van der Waals surface area contributed by atoms with E-state index in [0.29, 0.717) is 18.0 Å². The second-order valence-electron chi connectivity index (χ2n) is 4.71. The van der Waals surface area contributed by atoms with Crippen molar-refractivity contribution in [2.75, 3.05) is 11.0 Å². The molecule has 0 bridgehead atoms. The Balaban J connectivity index is 3.03. The molecule has 1 unspecified atom stereocenters. The first kappa shape index (κ1) is 14.5. The van der Waals surface area contributed by atoms with E-state index in [0.717, 1.165) is 11.8 Å². The molecule has 1 aromatic carbocycles. The van der Waals surface area contributed by atoms with Crippen LogP contribution in [0.5, 0.6) is 0 Å². The Morgan fingerprint density at radius 3 is 2.56 bits per heavy atom. The summed E-state index contributed by atoms with van der Waals surface area (Å²) in [5.41, 5.74) is 1.53. The van der Waals surface area contributed by atoms with E-state index in [1.165, 1.54) is 0 Å². The van der Waals surface area contributed by atoms with Crippen LogP contribution in [0.15, 0.2) is 24.3 Å². The maximum Gasteiger partial charge on any atom is 0.229 e. The molecule has 0 aliphatic heterocycles.